The monoisotopic (exact) mass is 1430 g/mol. The van der Waals surface area contributed by atoms with Crippen LogP contribution in [-0.4, -0.2) is 202 Å². The van der Waals surface area contributed by atoms with Gasteiger partial charge in [0.1, 0.15) is 11.6 Å². The molecule has 26 nitrogen and oxygen atoms in total. The molecule has 0 unspecified atom stereocenters. The number of rotatable bonds is 28. The van der Waals surface area contributed by atoms with Gasteiger partial charge in [0.15, 0.2) is 69.3 Å². The van der Waals surface area contributed by atoms with Gasteiger partial charge in [-0.25, -0.2) is 36.9 Å². The van der Waals surface area contributed by atoms with Crippen LogP contribution in [0.2, 0.25) is 5.28 Å². The molecule has 0 bridgehead atoms. The Morgan fingerprint density at radius 3 is 1.24 bits per heavy atom. The van der Waals surface area contributed by atoms with Gasteiger partial charge in [0.05, 0.1) is 82.4 Å². The van der Waals surface area contributed by atoms with Crippen LogP contribution in [-0.2, 0) is 0 Å². The van der Waals surface area contributed by atoms with Crippen molar-refractivity contribution in [2.24, 2.45) is 0 Å². The number of likely N-dealkylation sites (tertiary alicyclic amines) is 4. The van der Waals surface area contributed by atoms with Gasteiger partial charge in [-0.2, -0.15) is 4.98 Å². The van der Waals surface area contributed by atoms with Crippen LogP contribution in [0.5, 0.6) is 40.2 Å². The van der Waals surface area contributed by atoms with Gasteiger partial charge in [0, 0.05) is 107 Å². The van der Waals surface area contributed by atoms with Crippen LogP contribution in [0, 0.1) is 63.2 Å². The van der Waals surface area contributed by atoms with Gasteiger partial charge in [-0.1, -0.05) is 0 Å². The van der Waals surface area contributed by atoms with E-state index in [4.69, 9.17) is 50.9 Å². The summed E-state index contributed by atoms with van der Waals surface area (Å²) in [5, 5.41) is 38.6. The number of ether oxygens (including phenoxy) is 7. The highest BCUT2D eigenvalue weighted by atomic mass is 35.5. The van der Waals surface area contributed by atoms with E-state index in [1.54, 1.807) is 26.2 Å². The number of aliphatic hydroxyl groups excluding tert-OH is 1. The summed E-state index contributed by atoms with van der Waals surface area (Å²) < 4.78 is 104. The predicted octanol–water partition coefficient (Wildman–Crippen LogP) is 12.5. The van der Waals surface area contributed by atoms with Crippen molar-refractivity contribution in [1.82, 2.24) is 39.5 Å². The molecule has 0 saturated carbocycles. The number of hydrogen-bond acceptors (Lipinski definition) is 24. The smallest absolute Gasteiger partial charge is 0.276 e. The van der Waals surface area contributed by atoms with E-state index in [9.17, 15) is 42.2 Å². The molecule has 6 aromatic rings. The number of nitro benzene ring substituents is 2. The summed E-state index contributed by atoms with van der Waals surface area (Å²) in [4.78, 5) is 45.4. The van der Waals surface area contributed by atoms with E-state index < -0.39 is 50.4 Å². The normalized spacial score (nSPS) is 14.2. The topological polar surface area (TPSA) is 298 Å². The Morgan fingerprint density at radius 1 is 0.500 bits per heavy atom. The first-order chi connectivity index (χ1) is 48.1. The highest BCUT2D eigenvalue weighted by molar-refractivity contribution is 6.28. The molecule has 100 heavy (non-hydrogen) atoms. The van der Waals surface area contributed by atoms with Crippen molar-refractivity contribution in [3.63, 3.8) is 0 Å². The van der Waals surface area contributed by atoms with Crippen LogP contribution in [0.1, 0.15) is 89.9 Å². The number of nitrogens with zero attached hydrogens (tertiary/aromatic N) is 10. The summed E-state index contributed by atoms with van der Waals surface area (Å²) in [6, 6.07) is 12.8. The second-order valence-corrected chi connectivity index (χ2v) is 23.7. The minimum atomic E-state index is -1.09. The maximum atomic E-state index is 14.5. The number of non-ortho nitro benzene ring substituents is 2. The molecule has 4 aliphatic rings. The number of halogens is 6. The van der Waals surface area contributed by atoms with E-state index in [1.807, 2.05) is 26.0 Å². The zero-order valence-corrected chi connectivity index (χ0v) is 59.1. The van der Waals surface area contributed by atoms with Gasteiger partial charge in [0.2, 0.25) is 11.2 Å². The second kappa shape index (κ2) is 44.5. The lowest BCUT2D eigenvalue weighted by Crippen LogP contribution is -2.22. The lowest BCUT2D eigenvalue weighted by atomic mass is 10.2. The summed E-state index contributed by atoms with van der Waals surface area (Å²) >= 11 is 5.57. The summed E-state index contributed by atoms with van der Waals surface area (Å²) in [6.07, 6.45) is 13.8. The Morgan fingerprint density at radius 2 is 0.850 bits per heavy atom. The minimum Gasteiger partial charge on any atom is -0.491 e. The molecular weight excluding hydrogens is 1340 g/mol. The van der Waals surface area contributed by atoms with E-state index in [0.717, 1.165) is 108 Å². The number of anilines is 5. The predicted molar refractivity (Wildman–Crippen MR) is 377 cm³/mol. The first-order valence-electron chi connectivity index (χ1n) is 33.2. The Labute approximate surface area is 587 Å². The third-order valence-corrected chi connectivity index (χ3v) is 15.9. The third-order valence-electron chi connectivity index (χ3n) is 15.8. The first kappa shape index (κ1) is 82.1. The molecule has 4 aliphatic heterocycles. The molecule has 4 fully saturated rings. The van der Waals surface area contributed by atoms with E-state index in [-0.39, 0.29) is 35.4 Å². The number of aryl methyl sites for hydroxylation is 2. The fraction of sp³-hybridized carbons (Fsp3) is 0.529. The number of aliphatic hydroxyl groups is 1. The van der Waals surface area contributed by atoms with Crippen LogP contribution in [0.15, 0.2) is 60.7 Å². The number of nitrogen functional groups attached to an aromatic ring is 1. The minimum absolute atomic E-state index is 0. The molecule has 554 valence electrons. The lowest BCUT2D eigenvalue weighted by molar-refractivity contribution is -0.385. The molecule has 10 rings (SSSR count). The second-order valence-electron chi connectivity index (χ2n) is 23.3. The SMILES string of the molecule is CNc1cc(C)nc(Cl)n1.CNc1cc(C)nc(Nc2cc(F)c(OC)c(OCCCN3CCCC3)c2)n1.COc1c(F)cc(N)cc1OCCCN1CCCC1.COc1c(F)cc([N+](=O)[O-])cc1F.COc1c(F)cc([N+](=O)[O-])cc1OCCCN1CCCC1.OCCCN1CCCC1.[HH]. The number of aromatic nitrogens is 4. The Balaban J connectivity index is 0.000000267. The summed E-state index contributed by atoms with van der Waals surface area (Å²) in [5.74, 6) is -1.81. The number of nitrogens with one attached hydrogen (secondary N) is 3. The van der Waals surface area contributed by atoms with Gasteiger partial charge in [-0.3, -0.25) is 20.2 Å². The van der Waals surface area contributed by atoms with Gasteiger partial charge in [0.25, 0.3) is 11.4 Å². The van der Waals surface area contributed by atoms with Crippen LogP contribution in [0.4, 0.5) is 62.3 Å². The molecule has 0 amide bonds. The average Bonchev–Trinajstić information content (AvgIpc) is 1.02. The molecule has 32 heteroatoms. The zero-order chi connectivity index (χ0) is 72.9. The van der Waals surface area contributed by atoms with Gasteiger partial charge < -0.3 is 79.5 Å². The Kier molecular flexibility index (Phi) is 36.5. The molecule has 4 saturated heterocycles. The van der Waals surface area contributed by atoms with Crippen molar-refractivity contribution in [3.05, 3.63) is 127 Å². The molecule has 0 atom stereocenters. The maximum Gasteiger partial charge on any atom is 0.276 e. The number of benzene rings is 4. The van der Waals surface area contributed by atoms with Crippen molar-refractivity contribution < 1.29 is 71.5 Å². The molecular formula is C68H98ClF5N14O12. The van der Waals surface area contributed by atoms with Crippen molar-refractivity contribution in [1.29, 1.82) is 0 Å². The van der Waals surface area contributed by atoms with Crippen LogP contribution in [0.3, 0.4) is 0 Å². The van der Waals surface area contributed by atoms with Gasteiger partial charge in [-0.05, 0) is 155 Å². The van der Waals surface area contributed by atoms with Crippen LogP contribution < -0.4 is 54.8 Å². The maximum absolute atomic E-state index is 14.5. The zero-order valence-electron chi connectivity index (χ0n) is 58.3. The molecule has 6 N–H and O–H groups in total. The van der Waals surface area contributed by atoms with Crippen molar-refractivity contribution in [2.45, 2.75) is 90.9 Å². The number of methoxy groups -OCH3 is 4. The quantitative estimate of drug-likeness (QED) is 0.00761. The van der Waals surface area contributed by atoms with Crippen LogP contribution >= 0.6 is 11.6 Å². The standard InChI is InChI=1S/C20H28FN5O2.C14H19FN2O4.C14H21FN2O2.C7H5F2NO3.C7H15NO.C6H8ClN3.H2/c1-14-11-18(22-2)25-20(23-14)24-15-12-16(21)19(27-3)17(13-15)28-10-6-9-26-7-4-5-8-26;1-20-14-12(15)9-11(17(18)19)10-13(14)21-8-4-7-16-5-2-3-6-16;1-18-14-12(15)9-11(16)10-13(14)19-8-4-7-17-5-2-3-6-17;1-13-7-5(8)2-4(10(11)12)3-6(7)9;9-7-3-6-8-4-1-2-5-8;1-4-3-5(8-2)10-6(7)9-4;/h11-13H,4-10H2,1-3H3,(H2,22,23,24,25);9-10H,2-8H2,1H3;9-10H,2-8,16H2,1H3;2-3H,1H3;9H,1-7H2;3H,1-2H3,(H,8,9,10);1H. The third kappa shape index (κ3) is 28.5. The van der Waals surface area contributed by atoms with Crippen molar-refractivity contribution in [2.75, 3.05) is 169 Å². The van der Waals surface area contributed by atoms with E-state index in [2.05, 4.69) is 60.2 Å². The largest absolute Gasteiger partial charge is 0.491 e. The van der Waals surface area contributed by atoms with E-state index in [0.29, 0.717) is 73.2 Å². The summed E-state index contributed by atoms with van der Waals surface area (Å²) in [7, 11) is 8.82. The molecule has 0 radical (unpaired) electrons. The first-order valence-corrected chi connectivity index (χ1v) is 33.6. The molecule has 6 heterocycles. The fourth-order valence-corrected chi connectivity index (χ4v) is 11.1. The Hall–Kier alpha value is -8.62. The molecule has 0 aliphatic carbocycles. The molecule has 0 spiro atoms. The number of nitro groups is 2. The average molecular weight is 1430 g/mol. The van der Waals surface area contributed by atoms with Gasteiger partial charge >= 0.3 is 0 Å². The molecule has 4 aromatic carbocycles. The van der Waals surface area contributed by atoms with Gasteiger partial charge in [-0.15, -0.1) is 0 Å². The molecule has 2 aromatic heterocycles. The summed E-state index contributed by atoms with van der Waals surface area (Å²) in [5.41, 5.74) is 7.12. The number of nitrogens with two attached hydrogens (primary N) is 1. The van der Waals surface area contributed by atoms with Crippen molar-refractivity contribution >= 4 is 51.9 Å². The number of hydrogen-bond donors (Lipinski definition) is 5. The fourth-order valence-electron chi connectivity index (χ4n) is 10.9. The highest BCUT2D eigenvalue weighted by Gasteiger charge is 2.22. The Bertz CT molecular complexity index is 3430. The summed E-state index contributed by atoms with van der Waals surface area (Å²) in [6.45, 7) is 18.9. The lowest BCUT2D eigenvalue weighted by Gasteiger charge is -2.16. The van der Waals surface area contributed by atoms with Crippen molar-refractivity contribution in [3.8, 4) is 40.2 Å². The van der Waals surface area contributed by atoms with E-state index >= 15 is 0 Å². The van der Waals surface area contributed by atoms with E-state index in [1.165, 1.54) is 117 Å². The highest BCUT2D eigenvalue weighted by Crippen LogP contribution is 2.37. The van der Waals surface area contributed by atoms with Crippen LogP contribution in [0.25, 0.3) is 0 Å².